The maximum absolute atomic E-state index is 14.2. The summed E-state index contributed by atoms with van der Waals surface area (Å²) in [6.07, 6.45) is 2.46. The molecule has 9 heteroatoms. The zero-order valence-electron chi connectivity index (χ0n) is 23.3. The van der Waals surface area contributed by atoms with Crippen LogP contribution in [0.5, 0.6) is 0 Å². The molecular weight excluding hydrogens is 550 g/mol. The summed E-state index contributed by atoms with van der Waals surface area (Å²) in [5.41, 5.74) is 2.94. The van der Waals surface area contributed by atoms with Crippen molar-refractivity contribution in [3.05, 3.63) is 108 Å². The highest BCUT2D eigenvalue weighted by Gasteiger charge is 2.30. The van der Waals surface area contributed by atoms with Gasteiger partial charge in [0.25, 0.3) is 10.0 Å². The summed E-state index contributed by atoms with van der Waals surface area (Å²) in [4.78, 5) is 26.1. The van der Waals surface area contributed by atoms with Crippen LogP contribution < -0.4 is 4.31 Å². The number of sulfonamides is 1. The lowest BCUT2D eigenvalue weighted by atomic mass is 10.0. The van der Waals surface area contributed by atoms with Crippen LogP contribution in [0.4, 0.5) is 5.69 Å². The minimum absolute atomic E-state index is 0.0665. The molecule has 1 aromatic heterocycles. The predicted octanol–water partition coefficient (Wildman–Crippen LogP) is 5.78. The predicted molar refractivity (Wildman–Crippen MR) is 162 cm³/mol. The fraction of sp³-hybridized carbons (Fsp3) is 0.182. The highest BCUT2D eigenvalue weighted by atomic mass is 32.2. The molecule has 0 unspecified atom stereocenters. The molecule has 0 atom stereocenters. The Kier molecular flexibility index (Phi) is 8.09. The Balaban J connectivity index is 1.55. The van der Waals surface area contributed by atoms with Crippen LogP contribution in [0.1, 0.15) is 34.8 Å². The summed E-state index contributed by atoms with van der Waals surface area (Å²) in [6, 6.07) is 26.4. The molecule has 0 spiro atoms. The van der Waals surface area contributed by atoms with Crippen LogP contribution in [0.15, 0.2) is 96.0 Å². The lowest BCUT2D eigenvalue weighted by molar-refractivity contribution is -0.141. The number of hydrogen-bond acceptors (Lipinski definition) is 6. The molecular formula is C33H29N3O5S. The lowest BCUT2D eigenvalue weighted by Crippen LogP contribution is -2.36. The Morgan fingerprint density at radius 3 is 2.43 bits per heavy atom. The van der Waals surface area contributed by atoms with Crippen molar-refractivity contribution in [2.24, 2.45) is 7.05 Å². The van der Waals surface area contributed by atoms with E-state index in [2.05, 4.69) is 6.07 Å². The zero-order chi connectivity index (χ0) is 29.9. The normalized spacial score (nSPS) is 11.4. The Labute approximate surface area is 244 Å². The van der Waals surface area contributed by atoms with Crippen LogP contribution in [-0.4, -0.2) is 37.9 Å². The largest absolute Gasteiger partial charge is 0.465 e. The van der Waals surface area contributed by atoms with E-state index >= 15 is 0 Å². The molecule has 0 saturated heterocycles. The van der Waals surface area contributed by atoms with Gasteiger partial charge >= 0.3 is 5.97 Å². The molecule has 212 valence electrons. The molecule has 0 aliphatic heterocycles. The van der Waals surface area contributed by atoms with Crippen LogP contribution in [0.25, 0.3) is 21.7 Å². The van der Waals surface area contributed by atoms with Gasteiger partial charge < -0.3 is 9.30 Å². The molecule has 0 fully saturated rings. The summed E-state index contributed by atoms with van der Waals surface area (Å²) < 4.78 is 36.4. The van der Waals surface area contributed by atoms with Crippen molar-refractivity contribution in [1.82, 2.24) is 4.57 Å². The SMILES string of the molecule is CCOC(=O)CN(c1ccc2c(c1)c(C(=O)CCc1ccc(C#N)cc1)cn2C)S(=O)(=O)c1cccc2ccccc12. The van der Waals surface area contributed by atoms with Gasteiger partial charge in [-0.2, -0.15) is 5.26 Å². The van der Waals surface area contributed by atoms with Gasteiger partial charge in [0.1, 0.15) is 6.54 Å². The molecule has 0 aliphatic rings. The molecule has 8 nitrogen and oxygen atoms in total. The molecule has 0 N–H and O–H groups in total. The molecule has 5 rings (SSSR count). The number of fused-ring (bicyclic) bond motifs is 2. The van der Waals surface area contributed by atoms with Gasteiger partial charge in [-0.1, -0.05) is 48.5 Å². The van der Waals surface area contributed by atoms with Crippen molar-refractivity contribution in [2.45, 2.75) is 24.7 Å². The topological polar surface area (TPSA) is 109 Å². The fourth-order valence-electron chi connectivity index (χ4n) is 5.07. The first-order valence-corrected chi connectivity index (χ1v) is 14.9. The van der Waals surface area contributed by atoms with Gasteiger partial charge in [-0.3, -0.25) is 13.9 Å². The third-order valence-corrected chi connectivity index (χ3v) is 9.01. The van der Waals surface area contributed by atoms with E-state index < -0.39 is 22.5 Å². The molecule has 0 bridgehead atoms. The smallest absolute Gasteiger partial charge is 0.326 e. The average Bonchev–Trinajstić information content (AvgIpc) is 3.34. The number of nitriles is 1. The maximum atomic E-state index is 14.2. The molecule has 0 aliphatic carbocycles. The van der Waals surface area contributed by atoms with E-state index in [0.29, 0.717) is 28.3 Å². The summed E-state index contributed by atoms with van der Waals surface area (Å²) >= 11 is 0. The third-order valence-electron chi connectivity index (χ3n) is 7.18. The molecule has 0 saturated carbocycles. The molecule has 0 amide bonds. The minimum atomic E-state index is -4.22. The van der Waals surface area contributed by atoms with Gasteiger partial charge in [0.2, 0.25) is 0 Å². The van der Waals surface area contributed by atoms with Gasteiger partial charge in [-0.25, -0.2) is 8.42 Å². The average molecular weight is 580 g/mol. The number of anilines is 1. The third kappa shape index (κ3) is 5.62. The monoisotopic (exact) mass is 579 g/mol. The van der Waals surface area contributed by atoms with E-state index in [1.807, 2.05) is 41.9 Å². The van der Waals surface area contributed by atoms with Crippen LogP contribution in [-0.2, 0) is 33.0 Å². The number of Topliss-reactive ketones (excluding diaryl/α,β-unsaturated/α-hetero) is 1. The number of ketones is 1. The Bertz CT molecular complexity index is 1950. The number of aryl methyl sites for hydroxylation is 2. The van der Waals surface area contributed by atoms with Crippen LogP contribution in [0, 0.1) is 11.3 Å². The number of esters is 1. The van der Waals surface area contributed by atoms with Crippen molar-refractivity contribution in [3.8, 4) is 6.07 Å². The van der Waals surface area contributed by atoms with Gasteiger partial charge in [0, 0.05) is 41.5 Å². The molecule has 0 radical (unpaired) electrons. The number of benzene rings is 4. The molecule has 4 aromatic carbocycles. The van der Waals surface area contributed by atoms with Crippen molar-refractivity contribution >= 4 is 49.1 Å². The number of ether oxygens (including phenoxy) is 1. The highest BCUT2D eigenvalue weighted by Crippen LogP contribution is 2.33. The number of hydrogen-bond donors (Lipinski definition) is 0. The second kappa shape index (κ2) is 11.9. The summed E-state index contributed by atoms with van der Waals surface area (Å²) in [5, 5.41) is 10.9. The first-order chi connectivity index (χ1) is 20.2. The number of carbonyl (C=O) groups is 2. The molecule has 42 heavy (non-hydrogen) atoms. The second-order valence-corrected chi connectivity index (χ2v) is 11.7. The number of carbonyl (C=O) groups excluding carboxylic acids is 2. The quantitative estimate of drug-likeness (QED) is 0.153. The Hall–Kier alpha value is -4.94. The Morgan fingerprint density at radius 1 is 0.952 bits per heavy atom. The van der Waals surface area contributed by atoms with Crippen LogP contribution in [0.3, 0.4) is 0 Å². The first-order valence-electron chi connectivity index (χ1n) is 13.5. The van der Waals surface area contributed by atoms with Gasteiger partial charge in [0.05, 0.1) is 28.8 Å². The van der Waals surface area contributed by atoms with Crippen LogP contribution >= 0.6 is 0 Å². The van der Waals surface area contributed by atoms with Crippen molar-refractivity contribution in [1.29, 1.82) is 5.26 Å². The minimum Gasteiger partial charge on any atom is -0.465 e. The van der Waals surface area contributed by atoms with E-state index in [4.69, 9.17) is 10.00 Å². The van der Waals surface area contributed by atoms with Gasteiger partial charge in [0.15, 0.2) is 5.78 Å². The number of nitrogens with zero attached hydrogens (tertiary/aromatic N) is 3. The number of rotatable bonds is 10. The summed E-state index contributed by atoms with van der Waals surface area (Å²) in [7, 11) is -2.40. The van der Waals surface area contributed by atoms with E-state index in [1.165, 1.54) is 6.07 Å². The van der Waals surface area contributed by atoms with Gasteiger partial charge in [-0.05, 0) is 60.7 Å². The lowest BCUT2D eigenvalue weighted by Gasteiger charge is -2.24. The second-order valence-electron chi connectivity index (χ2n) is 9.88. The van der Waals surface area contributed by atoms with Gasteiger partial charge in [-0.15, -0.1) is 0 Å². The van der Waals surface area contributed by atoms with Crippen molar-refractivity contribution in [2.75, 3.05) is 17.5 Å². The Morgan fingerprint density at radius 2 is 1.69 bits per heavy atom. The first kappa shape index (κ1) is 28.6. The van der Waals surface area contributed by atoms with E-state index in [9.17, 15) is 18.0 Å². The fourth-order valence-corrected chi connectivity index (χ4v) is 6.69. The van der Waals surface area contributed by atoms with Crippen molar-refractivity contribution < 1.29 is 22.7 Å². The van der Waals surface area contributed by atoms with E-state index in [0.717, 1.165) is 20.8 Å². The summed E-state index contributed by atoms with van der Waals surface area (Å²) in [5.74, 6) is -0.788. The highest BCUT2D eigenvalue weighted by molar-refractivity contribution is 7.93. The standard InChI is InChI=1S/C33H29N3O5S/c1-3-41-33(38)22-36(42(39,40)32-10-6-8-25-7-4-5-9-27(25)32)26-16-17-30-28(19-26)29(21-35(30)2)31(37)18-15-23-11-13-24(20-34)14-12-23/h4-14,16-17,19,21H,3,15,18,22H2,1-2H3. The molecule has 5 aromatic rings. The maximum Gasteiger partial charge on any atom is 0.326 e. The zero-order valence-corrected chi connectivity index (χ0v) is 24.1. The molecule has 1 heterocycles. The van der Waals surface area contributed by atoms with E-state index in [-0.39, 0.29) is 29.4 Å². The number of aromatic nitrogens is 1. The van der Waals surface area contributed by atoms with E-state index in [1.54, 1.807) is 61.7 Å². The van der Waals surface area contributed by atoms with Crippen LogP contribution in [0.2, 0.25) is 0 Å². The van der Waals surface area contributed by atoms with Crippen molar-refractivity contribution in [3.63, 3.8) is 0 Å². The summed E-state index contributed by atoms with van der Waals surface area (Å²) in [6.45, 7) is 1.24.